The summed E-state index contributed by atoms with van der Waals surface area (Å²) in [4.78, 5) is 29.0. The van der Waals surface area contributed by atoms with Crippen LogP contribution in [0.1, 0.15) is 16.7 Å². The van der Waals surface area contributed by atoms with Crippen LogP contribution in [0.25, 0.3) is 16.8 Å². The highest BCUT2D eigenvalue weighted by molar-refractivity contribution is 6.14. The van der Waals surface area contributed by atoms with Crippen molar-refractivity contribution in [1.82, 2.24) is 9.80 Å². The molecule has 0 aromatic heterocycles. The molecule has 0 saturated carbocycles. The molecular formula is C28H20F2N2O2. The minimum absolute atomic E-state index is 0.112. The normalized spacial score (nSPS) is 15.1. The number of carbonyl (C=O) groups excluding carboxylic acids is 2. The maximum atomic E-state index is 14.4. The summed E-state index contributed by atoms with van der Waals surface area (Å²) >= 11 is 0. The third-order valence-corrected chi connectivity index (χ3v) is 5.91. The lowest BCUT2D eigenvalue weighted by molar-refractivity contribution is -0.123. The summed E-state index contributed by atoms with van der Waals surface area (Å²) in [5, 5.41) is 1.90. The van der Waals surface area contributed by atoms with Gasteiger partial charge < -0.3 is 0 Å². The molecule has 34 heavy (non-hydrogen) atoms. The van der Waals surface area contributed by atoms with E-state index in [1.807, 2.05) is 42.5 Å². The van der Waals surface area contributed by atoms with Crippen molar-refractivity contribution in [2.45, 2.75) is 13.1 Å². The Morgan fingerprint density at radius 3 is 1.88 bits per heavy atom. The lowest BCUT2D eigenvalue weighted by Gasteiger charge is -2.18. The fourth-order valence-electron chi connectivity index (χ4n) is 4.14. The van der Waals surface area contributed by atoms with Crippen LogP contribution in [0.15, 0.2) is 96.7 Å². The molecule has 0 aliphatic carbocycles. The zero-order chi connectivity index (χ0) is 23.7. The summed E-state index contributed by atoms with van der Waals surface area (Å²) in [6.45, 7) is -0.341. The van der Waals surface area contributed by atoms with Crippen molar-refractivity contribution in [3.05, 3.63) is 125 Å². The molecule has 6 heteroatoms. The minimum atomic E-state index is -0.622. The fourth-order valence-corrected chi connectivity index (χ4v) is 4.14. The van der Waals surface area contributed by atoms with E-state index >= 15 is 0 Å². The van der Waals surface area contributed by atoms with E-state index in [2.05, 4.69) is 0 Å². The number of carbonyl (C=O) groups is 2. The van der Waals surface area contributed by atoms with Gasteiger partial charge in [-0.15, -0.1) is 0 Å². The molecule has 4 aromatic carbocycles. The molecule has 1 fully saturated rings. The molecule has 0 spiro atoms. The summed E-state index contributed by atoms with van der Waals surface area (Å²) in [6, 6.07) is 24.9. The van der Waals surface area contributed by atoms with Crippen molar-refractivity contribution < 1.29 is 18.4 Å². The maximum absolute atomic E-state index is 14.4. The van der Waals surface area contributed by atoms with Crippen LogP contribution in [0.5, 0.6) is 0 Å². The Labute approximate surface area is 195 Å². The van der Waals surface area contributed by atoms with Crippen LogP contribution >= 0.6 is 0 Å². The third kappa shape index (κ3) is 3.94. The van der Waals surface area contributed by atoms with E-state index in [4.69, 9.17) is 0 Å². The zero-order valence-electron chi connectivity index (χ0n) is 18.1. The number of rotatable bonds is 5. The monoisotopic (exact) mass is 454 g/mol. The lowest BCUT2D eigenvalue weighted by Crippen LogP contribution is -2.32. The van der Waals surface area contributed by atoms with E-state index in [1.54, 1.807) is 36.4 Å². The standard InChI is InChI=1S/C28H20F2N2O2/c29-24-14-5-2-9-21(24)17-31-26(16-20-12-7-11-19-8-1-4-13-23(19)20)27(33)32(28(31)34)18-22-10-3-6-15-25(22)30/h1-16H,17-18H2/b26-16+. The quantitative estimate of drug-likeness (QED) is 0.269. The number of urea groups is 1. The van der Waals surface area contributed by atoms with E-state index < -0.39 is 23.6 Å². The van der Waals surface area contributed by atoms with Crippen LogP contribution < -0.4 is 0 Å². The molecule has 3 amide bonds. The van der Waals surface area contributed by atoms with Gasteiger partial charge in [-0.05, 0) is 34.5 Å². The third-order valence-electron chi connectivity index (χ3n) is 5.91. The Morgan fingerprint density at radius 2 is 1.21 bits per heavy atom. The van der Waals surface area contributed by atoms with Crippen LogP contribution in [-0.2, 0) is 17.9 Å². The van der Waals surface area contributed by atoms with Crippen molar-refractivity contribution in [3.8, 4) is 0 Å². The van der Waals surface area contributed by atoms with Crippen molar-refractivity contribution >= 4 is 28.8 Å². The van der Waals surface area contributed by atoms with Crippen LogP contribution in [0.3, 0.4) is 0 Å². The first-order chi connectivity index (χ1) is 16.5. The molecule has 5 rings (SSSR count). The zero-order valence-corrected chi connectivity index (χ0v) is 18.1. The van der Waals surface area contributed by atoms with Gasteiger partial charge in [0.2, 0.25) is 0 Å². The molecule has 1 saturated heterocycles. The molecule has 0 N–H and O–H groups in total. The van der Waals surface area contributed by atoms with Crippen molar-refractivity contribution in [3.63, 3.8) is 0 Å². The molecule has 0 unspecified atom stereocenters. The van der Waals surface area contributed by atoms with Gasteiger partial charge >= 0.3 is 6.03 Å². The summed E-state index contributed by atoms with van der Waals surface area (Å²) < 4.78 is 28.7. The van der Waals surface area contributed by atoms with Gasteiger partial charge in [0.05, 0.1) is 13.1 Å². The molecule has 1 aliphatic heterocycles. The lowest BCUT2D eigenvalue weighted by atomic mass is 10.0. The van der Waals surface area contributed by atoms with E-state index in [0.29, 0.717) is 0 Å². The summed E-state index contributed by atoms with van der Waals surface area (Å²) in [7, 11) is 0. The van der Waals surface area contributed by atoms with Crippen LogP contribution in [0.2, 0.25) is 0 Å². The summed E-state index contributed by atoms with van der Waals surface area (Å²) in [5.74, 6) is -1.53. The predicted molar refractivity (Wildman–Crippen MR) is 126 cm³/mol. The maximum Gasteiger partial charge on any atom is 0.332 e. The average molecular weight is 454 g/mol. The summed E-state index contributed by atoms with van der Waals surface area (Å²) in [5.41, 5.74) is 1.36. The van der Waals surface area contributed by atoms with Crippen molar-refractivity contribution in [2.75, 3.05) is 0 Å². The van der Waals surface area contributed by atoms with Gasteiger partial charge in [-0.2, -0.15) is 0 Å². The van der Waals surface area contributed by atoms with E-state index in [0.717, 1.165) is 21.2 Å². The number of benzene rings is 4. The van der Waals surface area contributed by atoms with Gasteiger partial charge in [-0.25, -0.2) is 13.6 Å². The highest BCUT2D eigenvalue weighted by Gasteiger charge is 2.41. The highest BCUT2D eigenvalue weighted by Crippen LogP contribution is 2.30. The van der Waals surface area contributed by atoms with Gasteiger partial charge in [0, 0.05) is 11.1 Å². The molecule has 1 heterocycles. The Morgan fingerprint density at radius 1 is 0.647 bits per heavy atom. The van der Waals surface area contributed by atoms with E-state index in [1.165, 1.54) is 23.1 Å². The second-order valence-electron chi connectivity index (χ2n) is 8.04. The van der Waals surface area contributed by atoms with Crippen LogP contribution in [0, 0.1) is 11.6 Å². The van der Waals surface area contributed by atoms with Gasteiger partial charge in [-0.3, -0.25) is 14.6 Å². The SMILES string of the molecule is O=C1/C(=C\c2cccc3ccccc23)N(Cc2ccccc2F)C(=O)N1Cc1ccccc1F. The van der Waals surface area contributed by atoms with E-state index in [9.17, 15) is 18.4 Å². The Bertz CT molecular complexity index is 1440. The van der Waals surface area contributed by atoms with Crippen LogP contribution in [-0.4, -0.2) is 21.7 Å². The number of imide groups is 1. The topological polar surface area (TPSA) is 40.6 Å². The van der Waals surface area contributed by atoms with Gasteiger partial charge in [0.15, 0.2) is 0 Å². The number of nitrogens with zero attached hydrogens (tertiary/aromatic N) is 2. The van der Waals surface area contributed by atoms with Crippen molar-refractivity contribution in [2.24, 2.45) is 0 Å². The van der Waals surface area contributed by atoms with Gasteiger partial charge in [0.25, 0.3) is 5.91 Å². The molecule has 168 valence electrons. The number of hydrogen-bond donors (Lipinski definition) is 0. The number of fused-ring (bicyclic) bond motifs is 1. The number of hydrogen-bond acceptors (Lipinski definition) is 2. The molecular weight excluding hydrogens is 434 g/mol. The molecule has 1 aliphatic rings. The van der Waals surface area contributed by atoms with Crippen LogP contribution in [0.4, 0.5) is 13.6 Å². The summed E-state index contributed by atoms with van der Waals surface area (Å²) in [6.07, 6.45) is 1.64. The Kier molecular flexibility index (Phi) is 5.64. The first kappa shape index (κ1) is 21.5. The first-order valence-corrected chi connectivity index (χ1v) is 10.8. The highest BCUT2D eigenvalue weighted by atomic mass is 19.1. The van der Waals surface area contributed by atoms with Crippen molar-refractivity contribution in [1.29, 1.82) is 0 Å². The molecule has 0 atom stereocenters. The fraction of sp³-hybridized carbons (Fsp3) is 0.0714. The van der Waals surface area contributed by atoms with Gasteiger partial charge in [0.1, 0.15) is 17.3 Å². The number of amides is 3. The second-order valence-corrected chi connectivity index (χ2v) is 8.04. The molecule has 0 radical (unpaired) electrons. The smallest absolute Gasteiger partial charge is 0.284 e. The largest absolute Gasteiger partial charge is 0.332 e. The minimum Gasteiger partial charge on any atom is -0.284 e. The number of halogens is 2. The molecule has 4 nitrogen and oxygen atoms in total. The first-order valence-electron chi connectivity index (χ1n) is 10.8. The second kappa shape index (κ2) is 8.90. The van der Waals surface area contributed by atoms with Gasteiger partial charge in [-0.1, -0.05) is 78.9 Å². The van der Waals surface area contributed by atoms with E-state index in [-0.39, 0.29) is 29.9 Å². The predicted octanol–water partition coefficient (Wildman–Crippen LogP) is 6.12. The average Bonchev–Trinajstić information content (AvgIpc) is 3.06. The Hall–Kier alpha value is -4.32. The Balaban J connectivity index is 1.59. The molecule has 4 aromatic rings. The molecule has 0 bridgehead atoms.